The molecule has 1 atom stereocenters. The Morgan fingerprint density at radius 2 is 1.65 bits per heavy atom. The summed E-state index contributed by atoms with van der Waals surface area (Å²) in [6.45, 7) is 0. The smallest absolute Gasteiger partial charge is 0.391 e. The number of carbonyl (C=O) groups is 1. The quantitative estimate of drug-likeness (QED) is 0.812. The number of anilines is 1. The van der Waals surface area contributed by atoms with Crippen molar-refractivity contribution in [2.24, 2.45) is 0 Å². The van der Waals surface area contributed by atoms with Crippen molar-refractivity contribution in [1.29, 1.82) is 0 Å². The second-order valence-corrected chi connectivity index (χ2v) is 5.46. The van der Waals surface area contributed by atoms with Gasteiger partial charge < -0.3 is 11.1 Å². The van der Waals surface area contributed by atoms with Crippen LogP contribution in [0.25, 0.3) is 0 Å². The molecule has 2 aromatic carbocycles. The van der Waals surface area contributed by atoms with E-state index in [2.05, 4.69) is 5.32 Å². The van der Waals surface area contributed by atoms with Gasteiger partial charge in [0.1, 0.15) is 0 Å². The van der Waals surface area contributed by atoms with E-state index in [9.17, 15) is 18.0 Å². The molecule has 0 bridgehead atoms. The number of hydrogen-bond acceptors (Lipinski definition) is 2. The molecule has 23 heavy (non-hydrogen) atoms. The Morgan fingerprint density at radius 1 is 1.09 bits per heavy atom. The minimum atomic E-state index is -4.42. The second kappa shape index (κ2) is 6.91. The molecule has 0 radical (unpaired) electrons. The predicted octanol–water partition coefficient (Wildman–Crippen LogP) is 4.35. The Bertz CT molecular complexity index is 669. The van der Waals surface area contributed by atoms with E-state index < -0.39 is 24.5 Å². The number of nitrogen functional groups attached to an aromatic ring is 1. The van der Waals surface area contributed by atoms with E-state index in [4.69, 9.17) is 17.3 Å². The lowest BCUT2D eigenvalue weighted by atomic mass is 10.0. The number of carbonyl (C=O) groups excluding carboxylic acids is 1. The lowest BCUT2D eigenvalue weighted by Gasteiger charge is -2.21. The van der Waals surface area contributed by atoms with Crippen LogP contribution in [0.5, 0.6) is 0 Å². The van der Waals surface area contributed by atoms with Gasteiger partial charge in [0.2, 0.25) is 0 Å². The molecule has 0 saturated carbocycles. The summed E-state index contributed by atoms with van der Waals surface area (Å²) >= 11 is 5.74. The highest BCUT2D eigenvalue weighted by Gasteiger charge is 2.33. The molecular weight excluding hydrogens is 329 g/mol. The molecule has 3 nitrogen and oxygen atoms in total. The number of nitrogens with one attached hydrogen (secondary N) is 1. The van der Waals surface area contributed by atoms with Gasteiger partial charge in [-0.05, 0) is 42.0 Å². The topological polar surface area (TPSA) is 55.1 Å². The van der Waals surface area contributed by atoms with Crippen LogP contribution in [0.2, 0.25) is 5.02 Å². The lowest BCUT2D eigenvalue weighted by molar-refractivity contribution is -0.139. The Hall–Kier alpha value is -2.21. The molecule has 0 aliphatic rings. The molecule has 0 aromatic heterocycles. The van der Waals surface area contributed by atoms with E-state index in [1.54, 1.807) is 0 Å². The summed E-state index contributed by atoms with van der Waals surface area (Å²) < 4.78 is 38.3. The third kappa shape index (κ3) is 5.17. The highest BCUT2D eigenvalue weighted by Crippen LogP contribution is 2.30. The standard InChI is InChI=1S/C16H14ClF3N2O/c17-12-5-1-10(2-6-12)14(9-16(18,19)20)22-15(23)11-3-7-13(21)8-4-11/h1-8,14H,9,21H2,(H,22,23)/t14-/m1/s1. The van der Waals surface area contributed by atoms with Crippen molar-refractivity contribution in [2.75, 3.05) is 5.73 Å². The Labute approximate surface area is 136 Å². The van der Waals surface area contributed by atoms with Crippen molar-refractivity contribution < 1.29 is 18.0 Å². The average Bonchev–Trinajstić information content (AvgIpc) is 2.46. The zero-order valence-corrected chi connectivity index (χ0v) is 12.7. The van der Waals surface area contributed by atoms with Gasteiger partial charge in [-0.15, -0.1) is 0 Å². The fourth-order valence-electron chi connectivity index (χ4n) is 2.05. The molecule has 7 heteroatoms. The minimum absolute atomic E-state index is 0.236. The van der Waals surface area contributed by atoms with Crippen molar-refractivity contribution in [2.45, 2.75) is 18.6 Å². The van der Waals surface area contributed by atoms with Crippen molar-refractivity contribution in [3.8, 4) is 0 Å². The third-order valence-corrected chi connectivity index (χ3v) is 3.44. The van der Waals surface area contributed by atoms with Crippen LogP contribution in [0.4, 0.5) is 18.9 Å². The fraction of sp³-hybridized carbons (Fsp3) is 0.188. The number of nitrogens with two attached hydrogens (primary N) is 1. The van der Waals surface area contributed by atoms with Gasteiger partial charge in [-0.1, -0.05) is 23.7 Å². The van der Waals surface area contributed by atoms with Gasteiger partial charge in [0.05, 0.1) is 12.5 Å². The highest BCUT2D eigenvalue weighted by molar-refractivity contribution is 6.30. The van der Waals surface area contributed by atoms with Crippen molar-refractivity contribution in [1.82, 2.24) is 5.32 Å². The third-order valence-electron chi connectivity index (χ3n) is 3.19. The predicted molar refractivity (Wildman–Crippen MR) is 83.2 cm³/mol. The molecule has 2 rings (SSSR count). The van der Waals surface area contributed by atoms with Gasteiger partial charge in [0.15, 0.2) is 0 Å². The van der Waals surface area contributed by atoms with Crippen LogP contribution in [0.15, 0.2) is 48.5 Å². The van der Waals surface area contributed by atoms with Crippen LogP contribution >= 0.6 is 11.6 Å². The first-order chi connectivity index (χ1) is 10.7. The molecule has 0 spiro atoms. The molecule has 0 aliphatic carbocycles. The van der Waals surface area contributed by atoms with Crippen LogP contribution < -0.4 is 11.1 Å². The maximum Gasteiger partial charge on any atom is 0.391 e. The number of amides is 1. The average molecular weight is 343 g/mol. The molecule has 0 unspecified atom stereocenters. The maximum atomic E-state index is 12.8. The Morgan fingerprint density at radius 3 is 2.17 bits per heavy atom. The van der Waals surface area contributed by atoms with Gasteiger partial charge >= 0.3 is 6.18 Å². The van der Waals surface area contributed by atoms with E-state index in [0.29, 0.717) is 16.3 Å². The van der Waals surface area contributed by atoms with Crippen LogP contribution in [0, 0.1) is 0 Å². The van der Waals surface area contributed by atoms with E-state index in [1.165, 1.54) is 48.5 Å². The lowest BCUT2D eigenvalue weighted by Crippen LogP contribution is -2.31. The fourth-order valence-corrected chi connectivity index (χ4v) is 2.18. The molecule has 0 saturated heterocycles. The molecule has 0 heterocycles. The first kappa shape index (κ1) is 17.1. The van der Waals surface area contributed by atoms with Crippen molar-refractivity contribution >= 4 is 23.2 Å². The van der Waals surface area contributed by atoms with E-state index in [0.717, 1.165) is 0 Å². The molecule has 2 aromatic rings. The number of alkyl halides is 3. The van der Waals surface area contributed by atoms with Gasteiger partial charge in [0, 0.05) is 16.3 Å². The van der Waals surface area contributed by atoms with Gasteiger partial charge in [-0.2, -0.15) is 13.2 Å². The zero-order valence-electron chi connectivity index (χ0n) is 11.9. The number of hydrogen-bond donors (Lipinski definition) is 2. The second-order valence-electron chi connectivity index (χ2n) is 5.02. The Kier molecular flexibility index (Phi) is 5.15. The summed E-state index contributed by atoms with van der Waals surface area (Å²) in [5.41, 5.74) is 6.55. The number of halogens is 4. The van der Waals surface area contributed by atoms with Gasteiger partial charge in [0.25, 0.3) is 5.91 Å². The molecule has 122 valence electrons. The largest absolute Gasteiger partial charge is 0.399 e. The summed E-state index contributed by atoms with van der Waals surface area (Å²) in [6.07, 6.45) is -5.59. The molecule has 3 N–H and O–H groups in total. The summed E-state index contributed by atoms with van der Waals surface area (Å²) in [4.78, 5) is 12.1. The van der Waals surface area contributed by atoms with Gasteiger partial charge in [-0.3, -0.25) is 4.79 Å². The maximum absolute atomic E-state index is 12.8. The monoisotopic (exact) mass is 342 g/mol. The van der Waals surface area contributed by atoms with E-state index in [1.807, 2.05) is 0 Å². The SMILES string of the molecule is Nc1ccc(C(=O)N[C@H](CC(F)(F)F)c2ccc(Cl)cc2)cc1. The Balaban J connectivity index is 2.21. The number of benzene rings is 2. The summed E-state index contributed by atoms with van der Waals surface area (Å²) in [6, 6.07) is 10.6. The zero-order chi connectivity index (χ0) is 17.0. The van der Waals surface area contributed by atoms with Crippen molar-refractivity contribution in [3.05, 3.63) is 64.7 Å². The van der Waals surface area contributed by atoms with E-state index in [-0.39, 0.29) is 5.56 Å². The minimum Gasteiger partial charge on any atom is -0.399 e. The van der Waals surface area contributed by atoms with Crippen LogP contribution in [-0.2, 0) is 0 Å². The number of rotatable bonds is 4. The summed E-state index contributed by atoms with van der Waals surface area (Å²) in [5.74, 6) is -0.603. The van der Waals surface area contributed by atoms with Crippen LogP contribution in [-0.4, -0.2) is 12.1 Å². The molecule has 0 fully saturated rings. The van der Waals surface area contributed by atoms with Gasteiger partial charge in [-0.25, -0.2) is 0 Å². The normalized spacial score (nSPS) is 12.7. The van der Waals surface area contributed by atoms with Crippen LogP contribution in [0.3, 0.4) is 0 Å². The van der Waals surface area contributed by atoms with Crippen LogP contribution in [0.1, 0.15) is 28.4 Å². The summed E-state index contributed by atoms with van der Waals surface area (Å²) in [7, 11) is 0. The van der Waals surface area contributed by atoms with Crippen molar-refractivity contribution in [3.63, 3.8) is 0 Å². The summed E-state index contributed by atoms with van der Waals surface area (Å²) in [5, 5.41) is 2.81. The molecular formula is C16H14ClF3N2O. The first-order valence-corrected chi connectivity index (χ1v) is 7.11. The van der Waals surface area contributed by atoms with E-state index >= 15 is 0 Å². The molecule has 1 amide bonds. The molecule has 0 aliphatic heterocycles. The highest BCUT2D eigenvalue weighted by atomic mass is 35.5. The first-order valence-electron chi connectivity index (χ1n) is 6.73.